The molecular weight excluding hydrogens is 372 g/mol. The van der Waals surface area contributed by atoms with Gasteiger partial charge in [0, 0.05) is 11.1 Å². The van der Waals surface area contributed by atoms with Gasteiger partial charge in [0.2, 0.25) is 0 Å². The SMILES string of the molecule is O=Cc1ccc(C=CC(=O)CC(=O)C=Cc2ccc(CO)c(CO)c2)cc1C=O. The van der Waals surface area contributed by atoms with Crippen LogP contribution in [0.15, 0.2) is 48.6 Å². The van der Waals surface area contributed by atoms with Crippen molar-refractivity contribution in [1.29, 1.82) is 0 Å². The number of ketones is 2. The Bertz CT molecular complexity index is 985. The molecule has 29 heavy (non-hydrogen) atoms. The van der Waals surface area contributed by atoms with Crippen LogP contribution in [0.4, 0.5) is 0 Å². The smallest absolute Gasteiger partial charge is 0.163 e. The molecule has 0 unspecified atom stereocenters. The van der Waals surface area contributed by atoms with Gasteiger partial charge in [0.25, 0.3) is 0 Å². The van der Waals surface area contributed by atoms with Crippen molar-refractivity contribution < 1.29 is 29.4 Å². The minimum Gasteiger partial charge on any atom is -0.392 e. The molecule has 148 valence electrons. The van der Waals surface area contributed by atoms with E-state index in [-0.39, 0.29) is 36.5 Å². The summed E-state index contributed by atoms with van der Waals surface area (Å²) in [6, 6.07) is 9.58. The first kappa shape index (κ1) is 21.8. The summed E-state index contributed by atoms with van der Waals surface area (Å²) in [6.07, 6.45) is 6.36. The zero-order valence-electron chi connectivity index (χ0n) is 15.6. The molecule has 0 saturated carbocycles. The summed E-state index contributed by atoms with van der Waals surface area (Å²) in [4.78, 5) is 45.7. The van der Waals surface area contributed by atoms with Gasteiger partial charge in [-0.15, -0.1) is 0 Å². The van der Waals surface area contributed by atoms with Crippen molar-refractivity contribution in [3.8, 4) is 0 Å². The molecule has 2 N–H and O–H groups in total. The van der Waals surface area contributed by atoms with Gasteiger partial charge in [0.1, 0.15) is 0 Å². The van der Waals surface area contributed by atoms with Gasteiger partial charge < -0.3 is 10.2 Å². The highest BCUT2D eigenvalue weighted by atomic mass is 16.3. The zero-order valence-corrected chi connectivity index (χ0v) is 15.6. The largest absolute Gasteiger partial charge is 0.392 e. The Hall–Kier alpha value is -3.48. The monoisotopic (exact) mass is 392 g/mol. The lowest BCUT2D eigenvalue weighted by Crippen LogP contribution is -2.02. The lowest BCUT2D eigenvalue weighted by molar-refractivity contribution is -0.121. The first-order valence-electron chi connectivity index (χ1n) is 8.80. The topological polar surface area (TPSA) is 109 Å². The van der Waals surface area contributed by atoms with Crippen LogP contribution in [0.3, 0.4) is 0 Å². The standard InChI is InChI=1S/C23H20O6/c24-12-18-5-1-16(9-20(18)14-26)3-7-22(28)11-23(29)8-4-17-2-6-19(13-25)21(10-17)15-27/h1-10,12,14,25,27H,11,13,15H2. The van der Waals surface area contributed by atoms with E-state index in [0.29, 0.717) is 34.8 Å². The van der Waals surface area contributed by atoms with Gasteiger partial charge >= 0.3 is 0 Å². The quantitative estimate of drug-likeness (QED) is 0.365. The van der Waals surface area contributed by atoms with E-state index >= 15 is 0 Å². The van der Waals surface area contributed by atoms with Crippen LogP contribution < -0.4 is 0 Å². The van der Waals surface area contributed by atoms with Crippen molar-refractivity contribution >= 4 is 36.3 Å². The number of aldehydes is 2. The maximum absolute atomic E-state index is 12.0. The summed E-state index contributed by atoms with van der Waals surface area (Å²) < 4.78 is 0. The van der Waals surface area contributed by atoms with Gasteiger partial charge in [-0.1, -0.05) is 36.4 Å². The van der Waals surface area contributed by atoms with Gasteiger partial charge in [-0.05, 0) is 46.5 Å². The Balaban J connectivity index is 1.99. The fourth-order valence-corrected chi connectivity index (χ4v) is 2.63. The number of aliphatic hydroxyl groups is 2. The number of carbonyl (C=O) groups is 4. The number of aliphatic hydroxyl groups excluding tert-OH is 2. The summed E-state index contributed by atoms with van der Waals surface area (Å²) in [5.74, 6) is -0.792. The molecule has 2 aromatic carbocycles. The highest BCUT2D eigenvalue weighted by Crippen LogP contribution is 2.14. The molecule has 0 atom stereocenters. The molecule has 6 nitrogen and oxygen atoms in total. The van der Waals surface area contributed by atoms with Crippen LogP contribution in [0.2, 0.25) is 0 Å². The van der Waals surface area contributed by atoms with Crippen LogP contribution >= 0.6 is 0 Å². The van der Waals surface area contributed by atoms with Crippen molar-refractivity contribution in [2.45, 2.75) is 19.6 Å². The summed E-state index contributed by atoms with van der Waals surface area (Å²) in [6.45, 7) is -0.416. The molecule has 6 heteroatoms. The van der Waals surface area contributed by atoms with Crippen LogP contribution in [-0.2, 0) is 22.8 Å². The van der Waals surface area contributed by atoms with E-state index in [9.17, 15) is 29.4 Å². The van der Waals surface area contributed by atoms with Crippen molar-refractivity contribution in [2.24, 2.45) is 0 Å². The lowest BCUT2D eigenvalue weighted by atomic mass is 10.0. The van der Waals surface area contributed by atoms with Crippen LogP contribution in [0.25, 0.3) is 12.2 Å². The van der Waals surface area contributed by atoms with Crippen molar-refractivity contribution in [2.75, 3.05) is 0 Å². The van der Waals surface area contributed by atoms with E-state index in [2.05, 4.69) is 0 Å². The van der Waals surface area contributed by atoms with Gasteiger partial charge in [-0.3, -0.25) is 19.2 Å². The number of carbonyl (C=O) groups excluding carboxylic acids is 4. The Kier molecular flexibility index (Phi) is 8.09. The second-order valence-electron chi connectivity index (χ2n) is 6.24. The summed E-state index contributed by atoms with van der Waals surface area (Å²) in [5, 5.41) is 18.5. The second kappa shape index (κ2) is 10.8. The minimum atomic E-state index is -0.404. The fourth-order valence-electron chi connectivity index (χ4n) is 2.63. The molecule has 2 rings (SSSR count). The predicted molar refractivity (Wildman–Crippen MR) is 108 cm³/mol. The van der Waals surface area contributed by atoms with Crippen molar-refractivity contribution in [3.05, 3.63) is 81.9 Å². The molecule has 0 amide bonds. The van der Waals surface area contributed by atoms with E-state index in [1.165, 1.54) is 36.4 Å². The average Bonchev–Trinajstić information content (AvgIpc) is 2.75. The van der Waals surface area contributed by atoms with Gasteiger partial charge in [-0.2, -0.15) is 0 Å². The number of allylic oxidation sites excluding steroid dienone is 2. The number of hydrogen-bond acceptors (Lipinski definition) is 6. The third kappa shape index (κ3) is 6.27. The number of rotatable bonds is 10. The first-order chi connectivity index (χ1) is 14.0. The second-order valence-corrected chi connectivity index (χ2v) is 6.24. The third-order valence-electron chi connectivity index (χ3n) is 4.21. The summed E-state index contributed by atoms with van der Waals surface area (Å²) in [5.41, 5.74) is 2.89. The molecule has 0 bridgehead atoms. The van der Waals surface area contributed by atoms with Crippen LogP contribution in [0.1, 0.15) is 49.4 Å². The first-order valence-corrected chi connectivity index (χ1v) is 8.80. The lowest BCUT2D eigenvalue weighted by Gasteiger charge is -2.05. The Morgan fingerprint density at radius 2 is 1.28 bits per heavy atom. The molecule has 0 fully saturated rings. The van der Waals surface area contributed by atoms with Gasteiger partial charge in [0.05, 0.1) is 19.6 Å². The molecule has 0 spiro atoms. The molecule has 0 aliphatic rings. The fraction of sp³-hybridized carbons (Fsp3) is 0.130. The highest BCUT2D eigenvalue weighted by molar-refractivity contribution is 6.11. The Morgan fingerprint density at radius 1 is 0.724 bits per heavy atom. The molecule has 0 radical (unpaired) electrons. The molecular formula is C23H20O6. The molecule has 0 aliphatic carbocycles. The van der Waals surface area contributed by atoms with Crippen LogP contribution in [0, 0.1) is 0 Å². The summed E-state index contributed by atoms with van der Waals surface area (Å²) in [7, 11) is 0. The Labute approximate surface area is 167 Å². The van der Waals surface area contributed by atoms with Gasteiger partial charge in [-0.25, -0.2) is 0 Å². The Morgan fingerprint density at radius 3 is 1.83 bits per heavy atom. The molecule has 0 heterocycles. The molecule has 0 aromatic heterocycles. The van der Waals surface area contributed by atoms with Gasteiger partial charge in [0.15, 0.2) is 24.1 Å². The van der Waals surface area contributed by atoms with E-state index in [1.807, 2.05) is 0 Å². The van der Waals surface area contributed by atoms with Crippen LogP contribution in [0.5, 0.6) is 0 Å². The van der Waals surface area contributed by atoms with E-state index in [0.717, 1.165) is 0 Å². The predicted octanol–water partition coefficient (Wildman–Crippen LogP) is 2.55. The number of benzene rings is 2. The van der Waals surface area contributed by atoms with E-state index < -0.39 is 5.78 Å². The van der Waals surface area contributed by atoms with Crippen molar-refractivity contribution in [3.63, 3.8) is 0 Å². The maximum atomic E-state index is 12.0. The van der Waals surface area contributed by atoms with Crippen molar-refractivity contribution in [1.82, 2.24) is 0 Å². The van der Waals surface area contributed by atoms with E-state index in [1.54, 1.807) is 24.3 Å². The normalized spacial score (nSPS) is 11.1. The average molecular weight is 392 g/mol. The molecule has 0 saturated heterocycles. The third-order valence-corrected chi connectivity index (χ3v) is 4.21. The molecule has 0 aliphatic heterocycles. The van der Waals surface area contributed by atoms with E-state index in [4.69, 9.17) is 0 Å². The number of hydrogen-bond donors (Lipinski definition) is 2. The minimum absolute atomic E-state index is 0.189. The molecule has 2 aromatic rings. The van der Waals surface area contributed by atoms with Crippen LogP contribution in [-0.4, -0.2) is 34.4 Å². The maximum Gasteiger partial charge on any atom is 0.163 e. The summed E-state index contributed by atoms with van der Waals surface area (Å²) >= 11 is 0. The highest BCUT2D eigenvalue weighted by Gasteiger charge is 2.06. The zero-order chi connectivity index (χ0) is 21.2.